The topological polar surface area (TPSA) is 59.0 Å². The Kier molecular flexibility index (Phi) is 3.01. The zero-order chi connectivity index (χ0) is 10.7. The summed E-state index contributed by atoms with van der Waals surface area (Å²) in [6, 6.07) is 1.74. The van der Waals surface area contributed by atoms with Gasteiger partial charge in [-0.15, -0.1) is 0 Å². The van der Waals surface area contributed by atoms with E-state index in [1.807, 2.05) is 7.05 Å². The molecule has 5 heteroatoms. The van der Waals surface area contributed by atoms with E-state index in [0.29, 0.717) is 0 Å². The van der Waals surface area contributed by atoms with Crippen molar-refractivity contribution in [2.45, 2.75) is 25.3 Å². The summed E-state index contributed by atoms with van der Waals surface area (Å²) in [6.07, 6.45) is 4.87. The summed E-state index contributed by atoms with van der Waals surface area (Å²) >= 11 is 0. The Labute approximate surface area is 88.8 Å². The Morgan fingerprint density at radius 3 is 3.13 bits per heavy atom. The lowest BCUT2D eigenvalue weighted by atomic mass is 10.0. The molecular formula is C10H16N4O. The molecule has 2 N–H and O–H groups in total. The van der Waals surface area contributed by atoms with Gasteiger partial charge >= 0.3 is 0 Å². The van der Waals surface area contributed by atoms with Crippen LogP contribution in [0.4, 0.5) is 5.82 Å². The Morgan fingerprint density at radius 1 is 1.67 bits per heavy atom. The van der Waals surface area contributed by atoms with Gasteiger partial charge in [0.05, 0.1) is 12.2 Å². The van der Waals surface area contributed by atoms with Crippen LogP contribution in [0.15, 0.2) is 12.3 Å². The van der Waals surface area contributed by atoms with E-state index >= 15 is 0 Å². The van der Waals surface area contributed by atoms with Crippen molar-refractivity contribution in [1.29, 1.82) is 0 Å². The molecule has 2 rings (SSSR count). The van der Waals surface area contributed by atoms with Gasteiger partial charge in [-0.1, -0.05) is 6.42 Å². The molecule has 0 saturated carbocycles. The van der Waals surface area contributed by atoms with Crippen LogP contribution in [-0.2, 0) is 11.8 Å². The van der Waals surface area contributed by atoms with E-state index in [1.54, 1.807) is 16.9 Å². The molecule has 5 nitrogen and oxygen atoms in total. The first-order valence-corrected chi connectivity index (χ1v) is 5.29. The van der Waals surface area contributed by atoms with Crippen molar-refractivity contribution in [1.82, 2.24) is 15.1 Å². The molecule has 0 bridgehead atoms. The number of rotatable bonds is 2. The van der Waals surface area contributed by atoms with Crippen molar-refractivity contribution in [3.8, 4) is 0 Å². The van der Waals surface area contributed by atoms with Crippen molar-refractivity contribution < 1.29 is 4.79 Å². The fourth-order valence-electron chi connectivity index (χ4n) is 1.79. The molecule has 0 spiro atoms. The Morgan fingerprint density at radius 2 is 2.53 bits per heavy atom. The molecule has 1 aliphatic rings. The van der Waals surface area contributed by atoms with Gasteiger partial charge in [0.1, 0.15) is 5.82 Å². The van der Waals surface area contributed by atoms with Gasteiger partial charge in [0.15, 0.2) is 0 Å². The summed E-state index contributed by atoms with van der Waals surface area (Å²) in [5, 5.41) is 10.1. The number of carbonyl (C=O) groups is 1. The van der Waals surface area contributed by atoms with E-state index in [4.69, 9.17) is 0 Å². The number of carbonyl (C=O) groups excluding carboxylic acids is 1. The molecular weight excluding hydrogens is 192 g/mol. The molecule has 1 aromatic rings. The molecule has 1 fully saturated rings. The summed E-state index contributed by atoms with van der Waals surface area (Å²) in [4.78, 5) is 11.8. The summed E-state index contributed by atoms with van der Waals surface area (Å²) in [7, 11) is 1.81. The van der Waals surface area contributed by atoms with E-state index in [1.165, 1.54) is 0 Å². The Hall–Kier alpha value is -1.36. The predicted octanol–water partition coefficient (Wildman–Crippen LogP) is 0.501. The first-order valence-electron chi connectivity index (χ1n) is 5.29. The highest BCUT2D eigenvalue weighted by molar-refractivity contribution is 5.94. The van der Waals surface area contributed by atoms with Crippen LogP contribution in [0.3, 0.4) is 0 Å². The van der Waals surface area contributed by atoms with Gasteiger partial charge in [0, 0.05) is 13.1 Å². The average molecular weight is 208 g/mol. The maximum Gasteiger partial charge on any atom is 0.242 e. The molecule has 1 saturated heterocycles. The van der Waals surface area contributed by atoms with Gasteiger partial charge < -0.3 is 10.6 Å². The lowest BCUT2D eigenvalue weighted by Gasteiger charge is -2.22. The van der Waals surface area contributed by atoms with Crippen LogP contribution in [0, 0.1) is 0 Å². The molecule has 82 valence electrons. The summed E-state index contributed by atoms with van der Waals surface area (Å²) in [5.74, 6) is 0.783. The monoisotopic (exact) mass is 208 g/mol. The molecule has 15 heavy (non-hydrogen) atoms. The van der Waals surface area contributed by atoms with Crippen LogP contribution in [0.25, 0.3) is 0 Å². The zero-order valence-electron chi connectivity index (χ0n) is 8.86. The third kappa shape index (κ3) is 2.36. The third-order valence-electron chi connectivity index (χ3n) is 2.70. The molecule has 1 amide bonds. The number of hydrogen-bond acceptors (Lipinski definition) is 3. The smallest absolute Gasteiger partial charge is 0.242 e. The number of aromatic nitrogens is 2. The Bertz CT molecular complexity index is 341. The van der Waals surface area contributed by atoms with Gasteiger partial charge in [-0.05, 0) is 19.4 Å². The predicted molar refractivity (Wildman–Crippen MR) is 57.5 cm³/mol. The normalized spacial score (nSPS) is 21.3. The maximum atomic E-state index is 11.8. The second-order valence-electron chi connectivity index (χ2n) is 3.83. The van der Waals surface area contributed by atoms with E-state index in [-0.39, 0.29) is 11.9 Å². The molecule has 1 aromatic heterocycles. The zero-order valence-corrected chi connectivity index (χ0v) is 8.86. The fraction of sp³-hybridized carbons (Fsp3) is 0.600. The van der Waals surface area contributed by atoms with Crippen LogP contribution in [0.5, 0.6) is 0 Å². The highest BCUT2D eigenvalue weighted by atomic mass is 16.2. The largest absolute Gasteiger partial charge is 0.310 e. The number of nitrogens with zero attached hydrogens (tertiary/aromatic N) is 2. The number of nitrogens with one attached hydrogen (secondary N) is 2. The first-order chi connectivity index (χ1) is 7.27. The highest BCUT2D eigenvalue weighted by Gasteiger charge is 2.20. The molecule has 2 heterocycles. The van der Waals surface area contributed by atoms with Crippen molar-refractivity contribution in [3.63, 3.8) is 0 Å². The van der Waals surface area contributed by atoms with Gasteiger partial charge in [0.2, 0.25) is 5.91 Å². The van der Waals surface area contributed by atoms with Crippen LogP contribution < -0.4 is 10.6 Å². The van der Waals surface area contributed by atoms with Crippen molar-refractivity contribution >= 4 is 11.7 Å². The summed E-state index contributed by atoms with van der Waals surface area (Å²) < 4.78 is 1.65. The van der Waals surface area contributed by atoms with Crippen LogP contribution in [0.1, 0.15) is 19.3 Å². The number of aryl methyl sites for hydroxylation is 1. The number of hydrogen-bond donors (Lipinski definition) is 2. The summed E-state index contributed by atoms with van der Waals surface area (Å²) in [5.41, 5.74) is 0. The van der Waals surface area contributed by atoms with Crippen LogP contribution >= 0.6 is 0 Å². The quantitative estimate of drug-likeness (QED) is 0.744. The molecule has 0 aromatic carbocycles. The second-order valence-corrected chi connectivity index (χ2v) is 3.83. The SMILES string of the molecule is Cn1nccc1NC(=O)C1CCCCN1. The minimum absolute atomic E-state index is 0.0401. The molecule has 1 atom stereocenters. The number of anilines is 1. The van der Waals surface area contributed by atoms with Gasteiger partial charge in [-0.2, -0.15) is 5.10 Å². The van der Waals surface area contributed by atoms with E-state index in [0.717, 1.165) is 31.6 Å². The lowest BCUT2D eigenvalue weighted by molar-refractivity contribution is -0.118. The Balaban J connectivity index is 1.94. The minimum Gasteiger partial charge on any atom is -0.310 e. The number of amides is 1. The molecule has 1 aliphatic heterocycles. The van der Waals surface area contributed by atoms with Crippen LogP contribution in [-0.4, -0.2) is 28.3 Å². The summed E-state index contributed by atoms with van der Waals surface area (Å²) in [6.45, 7) is 0.934. The van der Waals surface area contributed by atoms with E-state index in [2.05, 4.69) is 15.7 Å². The molecule has 0 aliphatic carbocycles. The van der Waals surface area contributed by atoms with Crippen molar-refractivity contribution in [3.05, 3.63) is 12.3 Å². The lowest BCUT2D eigenvalue weighted by Crippen LogP contribution is -2.43. The number of piperidine rings is 1. The van der Waals surface area contributed by atoms with Crippen LogP contribution in [0.2, 0.25) is 0 Å². The van der Waals surface area contributed by atoms with E-state index < -0.39 is 0 Å². The first kappa shape index (κ1) is 10.2. The maximum absolute atomic E-state index is 11.8. The standard InChI is InChI=1S/C10H16N4O/c1-14-9(5-7-12-14)13-10(15)8-4-2-3-6-11-8/h5,7-8,11H,2-4,6H2,1H3,(H,13,15). The fourth-order valence-corrected chi connectivity index (χ4v) is 1.79. The van der Waals surface area contributed by atoms with E-state index in [9.17, 15) is 4.79 Å². The third-order valence-corrected chi connectivity index (χ3v) is 2.70. The minimum atomic E-state index is -0.0475. The van der Waals surface area contributed by atoms with Gasteiger partial charge in [-0.25, -0.2) is 0 Å². The van der Waals surface area contributed by atoms with Gasteiger partial charge in [-0.3, -0.25) is 9.48 Å². The second kappa shape index (κ2) is 4.44. The highest BCUT2D eigenvalue weighted by Crippen LogP contribution is 2.10. The average Bonchev–Trinajstić information content (AvgIpc) is 2.66. The van der Waals surface area contributed by atoms with Crippen molar-refractivity contribution in [2.24, 2.45) is 7.05 Å². The van der Waals surface area contributed by atoms with Crippen molar-refractivity contribution in [2.75, 3.05) is 11.9 Å². The molecule has 0 radical (unpaired) electrons. The molecule has 1 unspecified atom stereocenters. The van der Waals surface area contributed by atoms with Gasteiger partial charge in [0.25, 0.3) is 0 Å².